The molecule has 110 valence electrons. The molecule has 0 unspecified atom stereocenters. The van der Waals surface area contributed by atoms with Crippen molar-refractivity contribution >= 4 is 16.7 Å². The third kappa shape index (κ3) is 4.72. The predicted octanol–water partition coefficient (Wildman–Crippen LogP) is 1.79. The first-order valence-corrected chi connectivity index (χ1v) is 8.64. The summed E-state index contributed by atoms with van der Waals surface area (Å²) in [5.74, 6) is 0.401. The second-order valence-electron chi connectivity index (χ2n) is 5.11. The molecule has 1 amide bonds. The molecule has 1 fully saturated rings. The molecule has 1 N–H and O–H groups in total. The maximum Gasteiger partial charge on any atom is 0.223 e. The van der Waals surface area contributed by atoms with Crippen LogP contribution in [0.2, 0.25) is 0 Å². The Morgan fingerprint density at radius 3 is 2.80 bits per heavy atom. The van der Waals surface area contributed by atoms with Crippen LogP contribution in [0.25, 0.3) is 0 Å². The molecule has 1 aliphatic heterocycles. The average molecular weight is 295 g/mol. The highest BCUT2D eigenvalue weighted by atomic mass is 32.2. The standard InChI is InChI=1S/C15H21NO3S/c1-20(18)11-14(12-6-3-2-4-7-12)16-15(17)10-13-8-5-9-19-13/h2-4,6-7,13-14H,5,8-11H2,1H3,(H,16,17)/t13-,14-,20+/m1/s1. The highest BCUT2D eigenvalue weighted by Gasteiger charge is 2.22. The van der Waals surface area contributed by atoms with Gasteiger partial charge >= 0.3 is 0 Å². The summed E-state index contributed by atoms with van der Waals surface area (Å²) >= 11 is 0. The Labute approximate surface area is 122 Å². The molecule has 20 heavy (non-hydrogen) atoms. The lowest BCUT2D eigenvalue weighted by Crippen LogP contribution is -2.33. The average Bonchev–Trinajstić information content (AvgIpc) is 2.91. The SMILES string of the molecule is C[S@](=O)C[C@@H](NC(=O)C[C@H]1CCCO1)c1ccccc1. The monoisotopic (exact) mass is 295 g/mol. The Kier molecular flexibility index (Phi) is 5.73. The third-order valence-corrected chi connectivity index (χ3v) is 4.18. The molecule has 0 aromatic heterocycles. The lowest BCUT2D eigenvalue weighted by molar-refractivity contribution is -0.123. The van der Waals surface area contributed by atoms with Crippen molar-refractivity contribution in [2.45, 2.75) is 31.4 Å². The van der Waals surface area contributed by atoms with Gasteiger partial charge in [0.05, 0.1) is 18.6 Å². The van der Waals surface area contributed by atoms with Gasteiger partial charge < -0.3 is 10.1 Å². The fourth-order valence-electron chi connectivity index (χ4n) is 2.41. The number of rotatable bonds is 6. The van der Waals surface area contributed by atoms with Gasteiger partial charge in [0.1, 0.15) is 0 Å². The minimum atomic E-state index is -0.962. The zero-order valence-corrected chi connectivity index (χ0v) is 12.5. The fourth-order valence-corrected chi connectivity index (χ4v) is 3.15. The van der Waals surface area contributed by atoms with Crippen LogP contribution in [0.15, 0.2) is 30.3 Å². The number of ether oxygens (including phenoxy) is 1. The largest absolute Gasteiger partial charge is 0.378 e. The summed E-state index contributed by atoms with van der Waals surface area (Å²) in [5.41, 5.74) is 0.989. The van der Waals surface area contributed by atoms with Gasteiger partial charge in [-0.25, -0.2) is 0 Å². The van der Waals surface area contributed by atoms with Crippen LogP contribution in [0.1, 0.15) is 30.9 Å². The van der Waals surface area contributed by atoms with Crippen molar-refractivity contribution < 1.29 is 13.7 Å². The van der Waals surface area contributed by atoms with Crippen LogP contribution in [0.3, 0.4) is 0 Å². The summed E-state index contributed by atoms with van der Waals surface area (Å²) in [6.07, 6.45) is 4.06. The number of nitrogens with one attached hydrogen (secondary N) is 1. The van der Waals surface area contributed by atoms with Gasteiger partial charge in [-0.05, 0) is 18.4 Å². The highest BCUT2D eigenvalue weighted by Crippen LogP contribution is 2.17. The molecular formula is C15H21NO3S. The number of carbonyl (C=O) groups is 1. The van der Waals surface area contributed by atoms with Crippen molar-refractivity contribution in [1.29, 1.82) is 0 Å². The maximum absolute atomic E-state index is 12.1. The molecule has 1 aliphatic rings. The second-order valence-corrected chi connectivity index (χ2v) is 6.59. The van der Waals surface area contributed by atoms with E-state index in [9.17, 15) is 9.00 Å². The lowest BCUT2D eigenvalue weighted by Gasteiger charge is -2.19. The van der Waals surface area contributed by atoms with Gasteiger partial charge in [-0.1, -0.05) is 30.3 Å². The summed E-state index contributed by atoms with van der Waals surface area (Å²) in [6, 6.07) is 9.47. The van der Waals surface area contributed by atoms with Gasteiger partial charge in [0.2, 0.25) is 5.91 Å². The molecule has 3 atom stereocenters. The van der Waals surface area contributed by atoms with Gasteiger partial charge in [-0.2, -0.15) is 0 Å². The van der Waals surface area contributed by atoms with E-state index in [0.29, 0.717) is 12.2 Å². The molecule has 2 rings (SSSR count). The normalized spacial score (nSPS) is 21.4. The van der Waals surface area contributed by atoms with Crippen LogP contribution in [-0.4, -0.2) is 34.8 Å². The number of amides is 1. The van der Waals surface area contributed by atoms with Crippen molar-refractivity contribution in [2.24, 2.45) is 0 Å². The van der Waals surface area contributed by atoms with Crippen LogP contribution >= 0.6 is 0 Å². The molecule has 4 nitrogen and oxygen atoms in total. The molecule has 1 aromatic rings. The molecule has 0 radical (unpaired) electrons. The molecule has 0 saturated carbocycles. The maximum atomic E-state index is 12.1. The Balaban J connectivity index is 1.96. The van der Waals surface area contributed by atoms with Crippen LogP contribution < -0.4 is 5.32 Å². The number of hydrogen-bond donors (Lipinski definition) is 1. The van der Waals surface area contributed by atoms with E-state index in [0.717, 1.165) is 25.0 Å². The van der Waals surface area contributed by atoms with Crippen LogP contribution in [0.4, 0.5) is 0 Å². The smallest absolute Gasteiger partial charge is 0.223 e. The molecule has 0 spiro atoms. The Morgan fingerprint density at radius 2 is 2.20 bits per heavy atom. The van der Waals surface area contributed by atoms with Crippen molar-refractivity contribution in [3.8, 4) is 0 Å². The zero-order valence-electron chi connectivity index (χ0n) is 11.7. The van der Waals surface area contributed by atoms with E-state index >= 15 is 0 Å². The summed E-state index contributed by atoms with van der Waals surface area (Å²) in [7, 11) is -0.962. The van der Waals surface area contributed by atoms with Crippen LogP contribution in [0.5, 0.6) is 0 Å². The summed E-state index contributed by atoms with van der Waals surface area (Å²) < 4.78 is 17.0. The van der Waals surface area contributed by atoms with Crippen molar-refractivity contribution in [3.05, 3.63) is 35.9 Å². The minimum Gasteiger partial charge on any atom is -0.378 e. The van der Waals surface area contributed by atoms with E-state index < -0.39 is 10.8 Å². The summed E-state index contributed by atoms with van der Waals surface area (Å²) in [5, 5.41) is 2.98. The van der Waals surface area contributed by atoms with E-state index in [1.807, 2.05) is 30.3 Å². The van der Waals surface area contributed by atoms with Crippen LogP contribution in [-0.2, 0) is 20.3 Å². The molecule has 5 heteroatoms. The molecular weight excluding hydrogens is 274 g/mol. The first-order valence-electron chi connectivity index (χ1n) is 6.91. The van der Waals surface area contributed by atoms with Gasteiger partial charge in [-0.15, -0.1) is 0 Å². The molecule has 0 bridgehead atoms. The Morgan fingerprint density at radius 1 is 1.45 bits per heavy atom. The topological polar surface area (TPSA) is 55.4 Å². The highest BCUT2D eigenvalue weighted by molar-refractivity contribution is 7.84. The van der Waals surface area contributed by atoms with E-state index in [2.05, 4.69) is 5.32 Å². The van der Waals surface area contributed by atoms with Crippen molar-refractivity contribution in [1.82, 2.24) is 5.32 Å². The Hall–Kier alpha value is -1.20. The molecule has 1 aromatic carbocycles. The third-order valence-electron chi connectivity index (χ3n) is 3.38. The first-order chi connectivity index (χ1) is 9.65. The van der Waals surface area contributed by atoms with Gasteiger partial charge in [0, 0.05) is 29.4 Å². The second kappa shape index (κ2) is 7.55. The number of benzene rings is 1. The van der Waals surface area contributed by atoms with Gasteiger partial charge in [-0.3, -0.25) is 9.00 Å². The lowest BCUT2D eigenvalue weighted by atomic mass is 10.1. The van der Waals surface area contributed by atoms with E-state index in [-0.39, 0.29) is 18.1 Å². The summed E-state index contributed by atoms with van der Waals surface area (Å²) in [4.78, 5) is 12.1. The molecule has 0 aliphatic carbocycles. The van der Waals surface area contributed by atoms with Crippen molar-refractivity contribution in [2.75, 3.05) is 18.6 Å². The quantitative estimate of drug-likeness (QED) is 0.870. The van der Waals surface area contributed by atoms with E-state index in [1.54, 1.807) is 6.26 Å². The van der Waals surface area contributed by atoms with Crippen molar-refractivity contribution in [3.63, 3.8) is 0 Å². The molecule has 1 heterocycles. The predicted molar refractivity (Wildman–Crippen MR) is 79.9 cm³/mol. The fraction of sp³-hybridized carbons (Fsp3) is 0.533. The number of carbonyl (C=O) groups excluding carboxylic acids is 1. The van der Waals surface area contributed by atoms with Gasteiger partial charge in [0.25, 0.3) is 0 Å². The summed E-state index contributed by atoms with van der Waals surface area (Å²) in [6.45, 7) is 0.749. The first kappa shape index (κ1) is 15.2. The van der Waals surface area contributed by atoms with Gasteiger partial charge in [0.15, 0.2) is 0 Å². The molecule has 1 saturated heterocycles. The van der Waals surface area contributed by atoms with Crippen LogP contribution in [0, 0.1) is 0 Å². The van der Waals surface area contributed by atoms with E-state index in [1.165, 1.54) is 0 Å². The minimum absolute atomic E-state index is 0.0313. The van der Waals surface area contributed by atoms with E-state index in [4.69, 9.17) is 4.74 Å². The Bertz CT molecular complexity index is 457. The zero-order chi connectivity index (χ0) is 14.4. The number of hydrogen-bond acceptors (Lipinski definition) is 3.